The number of hydrogen-bond donors (Lipinski definition) is 1. The van der Waals surface area contributed by atoms with Crippen LogP contribution >= 0.6 is 11.3 Å². The molecule has 0 aromatic carbocycles. The molecule has 0 radical (unpaired) electrons. The van der Waals surface area contributed by atoms with Crippen molar-refractivity contribution in [2.75, 3.05) is 5.73 Å². The van der Waals surface area contributed by atoms with Gasteiger partial charge in [-0.05, 0) is 12.1 Å². The Morgan fingerprint density at radius 1 is 1.25 bits per heavy atom. The van der Waals surface area contributed by atoms with Crippen LogP contribution in [0, 0.1) is 0 Å². The Morgan fingerprint density at radius 3 is 2.56 bits per heavy atom. The number of thiazole rings is 1. The van der Waals surface area contributed by atoms with Crippen molar-refractivity contribution in [2.24, 2.45) is 0 Å². The van der Waals surface area contributed by atoms with Gasteiger partial charge in [0.1, 0.15) is 0 Å². The van der Waals surface area contributed by atoms with Crippen LogP contribution in [0.15, 0.2) is 24.4 Å². The number of nitrogens with two attached hydrogens (primary N) is 1. The Balaban J connectivity index is 2.58. The lowest BCUT2D eigenvalue weighted by Crippen LogP contribution is -2.07. The molecule has 16 heavy (non-hydrogen) atoms. The number of rotatable bonds is 1. The highest BCUT2D eigenvalue weighted by Gasteiger charge is 2.37. The van der Waals surface area contributed by atoms with Crippen LogP contribution < -0.4 is 5.73 Å². The van der Waals surface area contributed by atoms with Crippen LogP contribution in [0.2, 0.25) is 0 Å². The van der Waals surface area contributed by atoms with Crippen molar-refractivity contribution >= 4 is 16.5 Å². The van der Waals surface area contributed by atoms with E-state index in [-0.39, 0.29) is 15.7 Å². The molecule has 0 amide bonds. The Hall–Kier alpha value is -1.63. The Labute approximate surface area is 92.8 Å². The summed E-state index contributed by atoms with van der Waals surface area (Å²) in [4.78, 5) is 7.09. The van der Waals surface area contributed by atoms with Crippen molar-refractivity contribution in [3.63, 3.8) is 0 Å². The van der Waals surface area contributed by atoms with E-state index in [1.54, 1.807) is 12.1 Å². The minimum absolute atomic E-state index is 0.0504. The molecule has 0 aliphatic rings. The summed E-state index contributed by atoms with van der Waals surface area (Å²) in [7, 11) is 0. The summed E-state index contributed by atoms with van der Waals surface area (Å²) in [6, 6.07) is 4.72. The van der Waals surface area contributed by atoms with Crippen LogP contribution in [-0.2, 0) is 6.18 Å². The first-order valence-electron chi connectivity index (χ1n) is 4.23. The van der Waals surface area contributed by atoms with Crippen LogP contribution in [0.5, 0.6) is 0 Å². The van der Waals surface area contributed by atoms with E-state index < -0.39 is 11.9 Å². The largest absolute Gasteiger partial charge is 0.434 e. The first-order valence-corrected chi connectivity index (χ1v) is 5.05. The van der Waals surface area contributed by atoms with Gasteiger partial charge in [-0.3, -0.25) is 4.98 Å². The Kier molecular flexibility index (Phi) is 2.55. The van der Waals surface area contributed by atoms with E-state index in [1.165, 1.54) is 12.3 Å². The molecule has 2 aromatic heterocycles. The number of hydrogen-bond acceptors (Lipinski definition) is 4. The molecule has 0 atom stereocenters. The maximum Gasteiger partial charge on any atom is 0.434 e. The van der Waals surface area contributed by atoms with E-state index in [1.807, 2.05) is 0 Å². The molecule has 2 rings (SSSR count). The molecule has 2 N–H and O–H groups in total. The van der Waals surface area contributed by atoms with Crippen LogP contribution in [0.1, 0.15) is 5.69 Å². The lowest BCUT2D eigenvalue weighted by Gasteiger charge is -2.04. The molecule has 2 heterocycles. The fourth-order valence-corrected chi connectivity index (χ4v) is 2.03. The molecule has 0 bridgehead atoms. The van der Waals surface area contributed by atoms with E-state index in [9.17, 15) is 13.2 Å². The van der Waals surface area contributed by atoms with Crippen molar-refractivity contribution in [1.82, 2.24) is 9.97 Å². The predicted octanol–water partition coefficient (Wildman–Crippen LogP) is 2.81. The molecule has 0 saturated heterocycles. The quantitative estimate of drug-likeness (QED) is 0.840. The summed E-state index contributed by atoms with van der Waals surface area (Å²) in [5.41, 5.74) is 4.54. The predicted molar refractivity (Wildman–Crippen MR) is 54.8 cm³/mol. The van der Waals surface area contributed by atoms with Gasteiger partial charge in [0.25, 0.3) is 0 Å². The molecule has 0 saturated carbocycles. The van der Waals surface area contributed by atoms with Crippen molar-refractivity contribution < 1.29 is 13.2 Å². The van der Waals surface area contributed by atoms with E-state index in [4.69, 9.17) is 5.73 Å². The second-order valence-corrected chi connectivity index (χ2v) is 3.97. The molecular weight excluding hydrogens is 239 g/mol. The summed E-state index contributed by atoms with van der Waals surface area (Å²) >= 11 is 0.778. The third-order valence-corrected chi connectivity index (χ3v) is 2.72. The van der Waals surface area contributed by atoms with Gasteiger partial charge in [0.2, 0.25) is 0 Å². The third-order valence-electron chi connectivity index (χ3n) is 1.81. The zero-order valence-corrected chi connectivity index (χ0v) is 8.64. The third kappa shape index (κ3) is 1.99. The monoisotopic (exact) mass is 245 g/mol. The standard InChI is InChI=1S/C9H6F3N3S/c10-9(11,12)7-6(16-8(13)15-7)5-3-1-2-4-14-5/h1-4H,(H2,13,15). The van der Waals surface area contributed by atoms with Crippen molar-refractivity contribution in [3.05, 3.63) is 30.1 Å². The smallest absolute Gasteiger partial charge is 0.375 e. The fraction of sp³-hybridized carbons (Fsp3) is 0.111. The molecule has 84 valence electrons. The van der Waals surface area contributed by atoms with Crippen molar-refractivity contribution in [3.8, 4) is 10.6 Å². The zero-order valence-electron chi connectivity index (χ0n) is 7.82. The maximum atomic E-state index is 12.6. The number of halogens is 3. The Morgan fingerprint density at radius 2 is 2.00 bits per heavy atom. The highest BCUT2D eigenvalue weighted by molar-refractivity contribution is 7.18. The van der Waals surface area contributed by atoms with Crippen LogP contribution in [0.3, 0.4) is 0 Å². The number of aromatic nitrogens is 2. The zero-order chi connectivity index (χ0) is 11.8. The normalized spacial score (nSPS) is 11.7. The summed E-state index contributed by atoms with van der Waals surface area (Å²) in [6.45, 7) is 0. The molecular formula is C9H6F3N3S. The molecule has 0 aliphatic heterocycles. The summed E-state index contributed by atoms with van der Waals surface area (Å²) < 4.78 is 37.8. The molecule has 0 spiro atoms. The number of nitrogen functional groups attached to an aromatic ring is 1. The topological polar surface area (TPSA) is 51.8 Å². The van der Waals surface area contributed by atoms with E-state index in [0.29, 0.717) is 0 Å². The van der Waals surface area contributed by atoms with Gasteiger partial charge in [-0.2, -0.15) is 13.2 Å². The van der Waals surface area contributed by atoms with Crippen molar-refractivity contribution in [2.45, 2.75) is 6.18 Å². The molecule has 0 unspecified atom stereocenters. The number of nitrogens with zero attached hydrogens (tertiary/aromatic N) is 2. The molecule has 7 heteroatoms. The molecule has 0 aliphatic carbocycles. The van der Waals surface area contributed by atoms with Gasteiger partial charge in [0.05, 0.1) is 10.6 Å². The van der Waals surface area contributed by atoms with Gasteiger partial charge in [-0.15, -0.1) is 0 Å². The average Bonchev–Trinajstić information content (AvgIpc) is 2.61. The van der Waals surface area contributed by atoms with Crippen LogP contribution in [0.25, 0.3) is 10.6 Å². The first kappa shape index (κ1) is 10.9. The second-order valence-electron chi connectivity index (χ2n) is 2.94. The summed E-state index contributed by atoms with van der Waals surface area (Å²) in [5.74, 6) is 0. The molecule has 3 nitrogen and oxygen atoms in total. The van der Waals surface area contributed by atoms with Gasteiger partial charge in [-0.25, -0.2) is 4.98 Å². The van der Waals surface area contributed by atoms with Crippen LogP contribution in [0.4, 0.5) is 18.3 Å². The molecule has 0 fully saturated rings. The van der Waals surface area contributed by atoms with Gasteiger partial charge in [0.15, 0.2) is 10.8 Å². The lowest BCUT2D eigenvalue weighted by molar-refractivity contribution is -0.140. The summed E-state index contributed by atoms with van der Waals surface area (Å²) in [6.07, 6.45) is -3.09. The van der Waals surface area contributed by atoms with E-state index in [2.05, 4.69) is 9.97 Å². The average molecular weight is 245 g/mol. The van der Waals surface area contributed by atoms with Crippen LogP contribution in [-0.4, -0.2) is 9.97 Å². The fourth-order valence-electron chi connectivity index (χ4n) is 1.20. The van der Waals surface area contributed by atoms with E-state index in [0.717, 1.165) is 11.3 Å². The number of pyridine rings is 1. The van der Waals surface area contributed by atoms with Gasteiger partial charge >= 0.3 is 6.18 Å². The Bertz CT molecular complexity index is 492. The number of alkyl halides is 3. The minimum Gasteiger partial charge on any atom is -0.375 e. The summed E-state index contributed by atoms with van der Waals surface area (Å²) in [5, 5.41) is -0.118. The highest BCUT2D eigenvalue weighted by Crippen LogP contribution is 2.40. The van der Waals surface area contributed by atoms with Gasteiger partial charge in [0, 0.05) is 6.20 Å². The highest BCUT2D eigenvalue weighted by atomic mass is 32.1. The minimum atomic E-state index is -4.51. The second kappa shape index (κ2) is 3.75. The van der Waals surface area contributed by atoms with Gasteiger partial charge < -0.3 is 5.73 Å². The SMILES string of the molecule is Nc1nc(C(F)(F)F)c(-c2ccccn2)s1. The lowest BCUT2D eigenvalue weighted by atomic mass is 10.2. The first-order chi connectivity index (χ1) is 7.48. The number of anilines is 1. The van der Waals surface area contributed by atoms with E-state index >= 15 is 0 Å². The molecule has 2 aromatic rings. The van der Waals surface area contributed by atoms with Crippen molar-refractivity contribution in [1.29, 1.82) is 0 Å². The maximum absolute atomic E-state index is 12.6. The van der Waals surface area contributed by atoms with Gasteiger partial charge in [-0.1, -0.05) is 17.4 Å².